The number of methoxy groups -OCH3 is 1. The summed E-state index contributed by atoms with van der Waals surface area (Å²) in [4.78, 5) is 12.6. The minimum absolute atomic E-state index is 0.106. The first-order valence-electron chi connectivity index (χ1n) is 7.87. The molecule has 1 aromatic heterocycles. The van der Waals surface area contributed by atoms with Crippen molar-refractivity contribution in [2.45, 2.75) is 45.8 Å². The number of hydrogen-bond donors (Lipinski definition) is 1. The van der Waals surface area contributed by atoms with E-state index in [4.69, 9.17) is 20.9 Å². The molecule has 0 aliphatic carbocycles. The molecule has 1 heterocycles. The van der Waals surface area contributed by atoms with Crippen molar-refractivity contribution in [3.63, 3.8) is 0 Å². The number of ether oxygens (including phenoxy) is 1. The van der Waals surface area contributed by atoms with Gasteiger partial charge in [0.05, 0.1) is 17.7 Å². The van der Waals surface area contributed by atoms with E-state index in [0.717, 1.165) is 16.8 Å². The monoisotopic (exact) mass is 350 g/mol. The van der Waals surface area contributed by atoms with E-state index in [0.29, 0.717) is 10.8 Å². The van der Waals surface area contributed by atoms with Gasteiger partial charge < -0.3 is 14.6 Å². The van der Waals surface area contributed by atoms with Crippen molar-refractivity contribution in [3.8, 4) is 0 Å². The molecule has 1 amide bonds. The fraction of sp³-hybridized carbons (Fsp3) is 0.444. The maximum atomic E-state index is 12.6. The van der Waals surface area contributed by atoms with Crippen LogP contribution in [0.4, 0.5) is 0 Å². The zero-order chi connectivity index (χ0) is 17.9. The lowest BCUT2D eigenvalue weighted by atomic mass is 9.97. The second-order valence-electron chi connectivity index (χ2n) is 5.93. The first-order chi connectivity index (χ1) is 11.4. The van der Waals surface area contributed by atoms with E-state index in [1.165, 1.54) is 0 Å². The molecule has 0 unspecified atom stereocenters. The molecule has 130 valence electrons. The number of benzene rings is 1. The van der Waals surface area contributed by atoms with E-state index in [1.807, 2.05) is 52.0 Å². The summed E-state index contributed by atoms with van der Waals surface area (Å²) in [6.07, 6.45) is -0.334. The van der Waals surface area contributed by atoms with Crippen LogP contribution in [0.1, 0.15) is 48.5 Å². The third kappa shape index (κ3) is 3.79. The summed E-state index contributed by atoms with van der Waals surface area (Å²) >= 11 is 6.25. The molecule has 2 rings (SSSR count). The Labute approximate surface area is 147 Å². The topological polar surface area (TPSA) is 64.4 Å². The van der Waals surface area contributed by atoms with Gasteiger partial charge in [0, 0.05) is 23.3 Å². The predicted octanol–water partition coefficient (Wildman–Crippen LogP) is 3.94. The lowest BCUT2D eigenvalue weighted by Crippen LogP contribution is -2.40. The Morgan fingerprint density at radius 2 is 1.96 bits per heavy atom. The van der Waals surface area contributed by atoms with Crippen molar-refractivity contribution >= 4 is 17.5 Å². The van der Waals surface area contributed by atoms with Crippen molar-refractivity contribution < 1.29 is 14.1 Å². The van der Waals surface area contributed by atoms with E-state index in [9.17, 15) is 4.79 Å². The van der Waals surface area contributed by atoms with Crippen LogP contribution in [0.15, 0.2) is 28.8 Å². The molecule has 0 saturated carbocycles. The van der Waals surface area contributed by atoms with Crippen LogP contribution in [0.25, 0.3) is 0 Å². The molecule has 1 aromatic carbocycles. The summed E-state index contributed by atoms with van der Waals surface area (Å²) in [5.74, 6) is 0.200. The van der Waals surface area contributed by atoms with Crippen molar-refractivity contribution in [3.05, 3.63) is 51.9 Å². The molecule has 3 atom stereocenters. The highest BCUT2D eigenvalue weighted by molar-refractivity contribution is 6.31. The largest absolute Gasteiger partial charge is 0.375 e. The molecule has 24 heavy (non-hydrogen) atoms. The summed E-state index contributed by atoms with van der Waals surface area (Å²) in [5, 5.41) is 7.53. The Kier molecular flexibility index (Phi) is 6.02. The molecule has 0 fully saturated rings. The molecule has 0 saturated heterocycles. The van der Waals surface area contributed by atoms with Crippen LogP contribution in [0.5, 0.6) is 0 Å². The maximum absolute atomic E-state index is 12.6. The predicted molar refractivity (Wildman–Crippen MR) is 93.2 cm³/mol. The maximum Gasteiger partial charge on any atom is 0.227 e. The molecule has 0 bridgehead atoms. The van der Waals surface area contributed by atoms with Crippen LogP contribution >= 0.6 is 11.6 Å². The number of carbonyl (C=O) groups excluding carboxylic acids is 1. The fourth-order valence-electron chi connectivity index (χ4n) is 2.97. The molecule has 1 N–H and O–H groups in total. The highest BCUT2D eigenvalue weighted by atomic mass is 35.5. The van der Waals surface area contributed by atoms with Gasteiger partial charge in [0.2, 0.25) is 5.91 Å². The second kappa shape index (κ2) is 7.81. The van der Waals surface area contributed by atoms with Crippen LogP contribution in [0, 0.1) is 13.8 Å². The SMILES string of the molecule is CO[C@H](c1ccccc1Cl)[C@H](C)NC(=O)[C@@H](C)c1c(C)noc1C. The van der Waals surface area contributed by atoms with Gasteiger partial charge in [0.25, 0.3) is 0 Å². The standard InChI is InChI=1S/C18H23ClN2O3/c1-10(16-11(2)21-24-13(16)4)18(22)20-12(3)17(23-5)14-8-6-7-9-15(14)19/h6-10,12,17H,1-5H3,(H,20,22)/t10-,12-,17-/m0/s1. The molecular formula is C18H23ClN2O3. The second-order valence-corrected chi connectivity index (χ2v) is 6.34. The highest BCUT2D eigenvalue weighted by Gasteiger charge is 2.27. The summed E-state index contributed by atoms with van der Waals surface area (Å²) in [6.45, 7) is 7.38. The number of aromatic nitrogens is 1. The lowest BCUT2D eigenvalue weighted by molar-refractivity contribution is -0.123. The first kappa shape index (κ1) is 18.5. The molecule has 0 radical (unpaired) electrons. The van der Waals surface area contributed by atoms with Crippen LogP contribution in [-0.2, 0) is 9.53 Å². The van der Waals surface area contributed by atoms with Crippen molar-refractivity contribution in [2.75, 3.05) is 7.11 Å². The van der Waals surface area contributed by atoms with Gasteiger partial charge in [0.15, 0.2) is 0 Å². The number of aryl methyl sites for hydroxylation is 2. The van der Waals surface area contributed by atoms with Gasteiger partial charge in [-0.25, -0.2) is 0 Å². The van der Waals surface area contributed by atoms with Gasteiger partial charge in [-0.05, 0) is 33.8 Å². The highest BCUT2D eigenvalue weighted by Crippen LogP contribution is 2.29. The van der Waals surface area contributed by atoms with Gasteiger partial charge in [-0.3, -0.25) is 4.79 Å². The van der Waals surface area contributed by atoms with Crippen molar-refractivity contribution in [1.29, 1.82) is 0 Å². The van der Waals surface area contributed by atoms with Gasteiger partial charge in [-0.15, -0.1) is 0 Å². The number of nitrogens with one attached hydrogen (secondary N) is 1. The number of amides is 1. The lowest BCUT2D eigenvalue weighted by Gasteiger charge is -2.26. The third-order valence-corrected chi connectivity index (χ3v) is 4.55. The van der Waals surface area contributed by atoms with Gasteiger partial charge in [0.1, 0.15) is 11.9 Å². The third-order valence-electron chi connectivity index (χ3n) is 4.20. The number of halogens is 1. The first-order valence-corrected chi connectivity index (χ1v) is 8.25. The van der Waals surface area contributed by atoms with E-state index in [2.05, 4.69) is 10.5 Å². The van der Waals surface area contributed by atoms with Crippen LogP contribution in [0.3, 0.4) is 0 Å². The minimum Gasteiger partial charge on any atom is -0.375 e. The number of carbonyl (C=O) groups is 1. The average molecular weight is 351 g/mol. The van der Waals surface area contributed by atoms with Crippen LogP contribution in [-0.4, -0.2) is 24.2 Å². The molecule has 2 aromatic rings. The zero-order valence-corrected chi connectivity index (χ0v) is 15.3. The van der Waals surface area contributed by atoms with Gasteiger partial charge in [-0.2, -0.15) is 0 Å². The van der Waals surface area contributed by atoms with Crippen molar-refractivity contribution in [2.24, 2.45) is 0 Å². The van der Waals surface area contributed by atoms with Crippen molar-refractivity contribution in [1.82, 2.24) is 10.5 Å². The summed E-state index contributed by atoms with van der Waals surface area (Å²) in [6, 6.07) is 7.22. The molecular weight excluding hydrogens is 328 g/mol. The summed E-state index contributed by atoms with van der Waals surface area (Å²) < 4.78 is 10.7. The number of hydrogen-bond acceptors (Lipinski definition) is 4. The summed E-state index contributed by atoms with van der Waals surface area (Å²) in [5.41, 5.74) is 2.41. The molecule has 0 aliphatic heterocycles. The molecule has 0 spiro atoms. The Hall–Kier alpha value is -1.85. The Morgan fingerprint density at radius 1 is 1.29 bits per heavy atom. The summed E-state index contributed by atoms with van der Waals surface area (Å²) in [7, 11) is 1.61. The van der Waals surface area contributed by atoms with Gasteiger partial charge in [-0.1, -0.05) is 35.0 Å². The quantitative estimate of drug-likeness (QED) is 0.857. The Balaban J connectivity index is 2.14. The van der Waals surface area contributed by atoms with Crippen LogP contribution < -0.4 is 5.32 Å². The van der Waals surface area contributed by atoms with Crippen LogP contribution in [0.2, 0.25) is 5.02 Å². The zero-order valence-electron chi connectivity index (χ0n) is 14.6. The van der Waals surface area contributed by atoms with E-state index in [-0.39, 0.29) is 24.0 Å². The molecule has 6 heteroatoms. The van der Waals surface area contributed by atoms with E-state index in [1.54, 1.807) is 7.11 Å². The van der Waals surface area contributed by atoms with E-state index >= 15 is 0 Å². The average Bonchev–Trinajstić information content (AvgIpc) is 2.88. The van der Waals surface area contributed by atoms with E-state index < -0.39 is 0 Å². The Bertz CT molecular complexity index is 695. The number of rotatable bonds is 6. The number of nitrogens with zero attached hydrogens (tertiary/aromatic N) is 1. The fourth-order valence-corrected chi connectivity index (χ4v) is 3.21. The minimum atomic E-state index is -0.359. The van der Waals surface area contributed by atoms with Gasteiger partial charge >= 0.3 is 0 Å². The Morgan fingerprint density at radius 3 is 2.50 bits per heavy atom. The normalized spacial score (nSPS) is 14.9. The molecule has 5 nitrogen and oxygen atoms in total. The smallest absolute Gasteiger partial charge is 0.227 e. The molecule has 0 aliphatic rings.